The van der Waals surface area contributed by atoms with Crippen LogP contribution in [0.15, 0.2) is 30.5 Å². The van der Waals surface area contributed by atoms with E-state index in [4.69, 9.17) is 4.74 Å². The molecule has 0 atom stereocenters. The lowest BCUT2D eigenvalue weighted by atomic mass is 10.0. The first-order valence-electron chi connectivity index (χ1n) is 6.62. The molecule has 0 unspecified atom stereocenters. The van der Waals surface area contributed by atoms with Gasteiger partial charge in [-0.15, -0.1) is 0 Å². The van der Waals surface area contributed by atoms with Gasteiger partial charge in [0, 0.05) is 31.4 Å². The minimum absolute atomic E-state index is 0.0652. The van der Waals surface area contributed by atoms with Gasteiger partial charge in [-0.05, 0) is 37.1 Å². The average Bonchev–Trinajstić information content (AvgIpc) is 2.94. The summed E-state index contributed by atoms with van der Waals surface area (Å²) in [5.74, 6) is 1.03. The van der Waals surface area contributed by atoms with E-state index in [0.29, 0.717) is 0 Å². The van der Waals surface area contributed by atoms with Crippen molar-refractivity contribution in [2.24, 2.45) is 0 Å². The predicted octanol–water partition coefficient (Wildman–Crippen LogP) is 2.41. The van der Waals surface area contributed by atoms with Crippen LogP contribution >= 0.6 is 0 Å². The van der Waals surface area contributed by atoms with Gasteiger partial charge in [-0.25, -0.2) is 0 Å². The number of fused-ring (bicyclic) bond motifs is 1. The third kappa shape index (κ3) is 2.79. The van der Waals surface area contributed by atoms with Crippen LogP contribution in [-0.4, -0.2) is 15.8 Å². The van der Waals surface area contributed by atoms with E-state index in [0.717, 1.165) is 31.0 Å². The van der Waals surface area contributed by atoms with Crippen molar-refractivity contribution in [3.8, 4) is 5.75 Å². The Morgan fingerprint density at radius 1 is 1.32 bits per heavy atom. The number of aromatic nitrogens is 2. The van der Waals surface area contributed by atoms with Crippen LogP contribution in [-0.2, 0) is 19.5 Å². The largest absolute Gasteiger partial charge is 0.487 e. The fourth-order valence-corrected chi connectivity index (χ4v) is 2.50. The summed E-state index contributed by atoms with van der Waals surface area (Å²) in [6.45, 7) is 5.91. The summed E-state index contributed by atoms with van der Waals surface area (Å²) in [5.41, 5.74) is 3.64. The lowest BCUT2D eigenvalue weighted by Gasteiger charge is -2.16. The number of rotatable bonds is 4. The molecule has 1 aromatic heterocycles. The fourth-order valence-electron chi connectivity index (χ4n) is 2.50. The van der Waals surface area contributed by atoms with E-state index in [9.17, 15) is 0 Å². The molecular formula is C15H19N3O. The molecule has 0 saturated heterocycles. The Balaban J connectivity index is 1.61. The lowest BCUT2D eigenvalue weighted by molar-refractivity contribution is 0.138. The van der Waals surface area contributed by atoms with Gasteiger partial charge in [0.25, 0.3) is 0 Å². The Hall–Kier alpha value is -1.81. The molecule has 1 aromatic carbocycles. The van der Waals surface area contributed by atoms with Gasteiger partial charge in [-0.3, -0.25) is 5.10 Å². The Labute approximate surface area is 113 Å². The highest BCUT2D eigenvalue weighted by Gasteiger charge is 2.29. The fraction of sp³-hybridized carbons (Fsp3) is 0.400. The predicted molar refractivity (Wildman–Crippen MR) is 74.0 cm³/mol. The first-order chi connectivity index (χ1) is 9.12. The highest BCUT2D eigenvalue weighted by atomic mass is 16.5. The van der Waals surface area contributed by atoms with E-state index < -0.39 is 0 Å². The van der Waals surface area contributed by atoms with Crippen molar-refractivity contribution >= 4 is 0 Å². The maximum atomic E-state index is 5.88. The maximum absolute atomic E-state index is 5.88. The van der Waals surface area contributed by atoms with Crippen molar-refractivity contribution in [2.45, 2.75) is 39.0 Å². The molecule has 2 N–H and O–H groups in total. The number of nitrogens with one attached hydrogen (secondary N) is 2. The zero-order chi connectivity index (χ0) is 13.3. The minimum Gasteiger partial charge on any atom is -0.487 e. The number of H-pyrrole nitrogens is 1. The lowest BCUT2D eigenvalue weighted by Crippen LogP contribution is -2.24. The van der Waals surface area contributed by atoms with E-state index in [2.05, 4.69) is 47.6 Å². The number of hydrogen-bond donors (Lipinski definition) is 2. The van der Waals surface area contributed by atoms with Gasteiger partial charge in [0.2, 0.25) is 0 Å². The number of benzene rings is 1. The molecule has 4 nitrogen and oxygen atoms in total. The van der Waals surface area contributed by atoms with Crippen molar-refractivity contribution in [2.75, 3.05) is 0 Å². The minimum atomic E-state index is -0.0652. The molecule has 1 aliphatic rings. The molecule has 0 saturated carbocycles. The average molecular weight is 257 g/mol. The van der Waals surface area contributed by atoms with Crippen molar-refractivity contribution in [1.82, 2.24) is 15.5 Å². The van der Waals surface area contributed by atoms with Gasteiger partial charge in [-0.1, -0.05) is 12.1 Å². The summed E-state index contributed by atoms with van der Waals surface area (Å²) in [7, 11) is 0. The van der Waals surface area contributed by atoms with E-state index >= 15 is 0 Å². The first kappa shape index (κ1) is 12.2. The smallest absolute Gasteiger partial charge is 0.123 e. The summed E-state index contributed by atoms with van der Waals surface area (Å²) >= 11 is 0. The van der Waals surface area contributed by atoms with Gasteiger partial charge in [-0.2, -0.15) is 5.10 Å². The molecule has 19 heavy (non-hydrogen) atoms. The Bertz CT molecular complexity index is 561. The molecule has 0 fully saturated rings. The van der Waals surface area contributed by atoms with Crippen LogP contribution in [0.25, 0.3) is 0 Å². The second-order valence-corrected chi connectivity index (χ2v) is 5.67. The second kappa shape index (κ2) is 4.70. The van der Waals surface area contributed by atoms with Crippen LogP contribution in [0.1, 0.15) is 30.7 Å². The highest BCUT2D eigenvalue weighted by molar-refractivity contribution is 5.41. The quantitative estimate of drug-likeness (QED) is 0.884. The molecule has 0 aliphatic carbocycles. The van der Waals surface area contributed by atoms with Gasteiger partial charge in [0.05, 0.1) is 0 Å². The molecule has 3 rings (SSSR count). The number of nitrogens with zero attached hydrogens (tertiary/aromatic N) is 1. The highest BCUT2D eigenvalue weighted by Crippen LogP contribution is 2.35. The molecule has 0 spiro atoms. The maximum Gasteiger partial charge on any atom is 0.123 e. The van der Waals surface area contributed by atoms with E-state index in [-0.39, 0.29) is 5.60 Å². The standard InChI is InChI=1S/C15H19N3O/c1-15(2)8-12-7-11(3-4-14(12)19-15)9-16-10-13-5-6-17-18-13/h3-7,16H,8-10H2,1-2H3,(H,17,18). The molecule has 2 heterocycles. The van der Waals surface area contributed by atoms with Crippen LogP contribution < -0.4 is 10.1 Å². The topological polar surface area (TPSA) is 49.9 Å². The normalized spacial score (nSPS) is 16.1. The van der Waals surface area contributed by atoms with Crippen molar-refractivity contribution in [3.05, 3.63) is 47.3 Å². The summed E-state index contributed by atoms with van der Waals surface area (Å²) in [4.78, 5) is 0. The third-order valence-corrected chi connectivity index (χ3v) is 3.33. The monoisotopic (exact) mass is 257 g/mol. The first-order valence-corrected chi connectivity index (χ1v) is 6.62. The summed E-state index contributed by atoms with van der Waals surface area (Å²) in [6, 6.07) is 8.42. The summed E-state index contributed by atoms with van der Waals surface area (Å²) < 4.78 is 5.88. The Morgan fingerprint density at radius 2 is 2.21 bits per heavy atom. The Morgan fingerprint density at radius 3 is 3.00 bits per heavy atom. The SMILES string of the molecule is CC1(C)Cc2cc(CNCc3ccn[nH]3)ccc2O1. The molecular weight excluding hydrogens is 238 g/mol. The van der Waals surface area contributed by atoms with E-state index in [1.807, 2.05) is 6.07 Å². The Kier molecular flexibility index (Phi) is 3.03. The number of hydrogen-bond acceptors (Lipinski definition) is 3. The van der Waals surface area contributed by atoms with Gasteiger partial charge in [0.1, 0.15) is 11.4 Å². The van der Waals surface area contributed by atoms with E-state index in [1.165, 1.54) is 11.1 Å². The molecule has 0 bridgehead atoms. The third-order valence-electron chi connectivity index (χ3n) is 3.33. The number of aromatic amines is 1. The van der Waals surface area contributed by atoms with Gasteiger partial charge < -0.3 is 10.1 Å². The molecule has 4 heteroatoms. The zero-order valence-electron chi connectivity index (χ0n) is 11.4. The zero-order valence-corrected chi connectivity index (χ0v) is 11.4. The number of ether oxygens (including phenoxy) is 1. The molecule has 100 valence electrons. The second-order valence-electron chi connectivity index (χ2n) is 5.67. The van der Waals surface area contributed by atoms with Crippen LogP contribution in [0.5, 0.6) is 5.75 Å². The van der Waals surface area contributed by atoms with Crippen molar-refractivity contribution < 1.29 is 4.74 Å². The summed E-state index contributed by atoms with van der Waals surface area (Å²) in [5, 5.41) is 10.3. The molecule has 1 aliphatic heterocycles. The molecule has 2 aromatic rings. The van der Waals surface area contributed by atoms with Crippen molar-refractivity contribution in [1.29, 1.82) is 0 Å². The van der Waals surface area contributed by atoms with Crippen LogP contribution in [0.4, 0.5) is 0 Å². The molecule has 0 amide bonds. The van der Waals surface area contributed by atoms with Gasteiger partial charge in [0.15, 0.2) is 0 Å². The summed E-state index contributed by atoms with van der Waals surface area (Å²) in [6.07, 6.45) is 2.75. The van der Waals surface area contributed by atoms with Crippen LogP contribution in [0.3, 0.4) is 0 Å². The van der Waals surface area contributed by atoms with Crippen LogP contribution in [0, 0.1) is 0 Å². The van der Waals surface area contributed by atoms with Crippen molar-refractivity contribution in [3.63, 3.8) is 0 Å². The van der Waals surface area contributed by atoms with E-state index in [1.54, 1.807) is 6.20 Å². The van der Waals surface area contributed by atoms with Crippen LogP contribution in [0.2, 0.25) is 0 Å². The molecule has 0 radical (unpaired) electrons. The van der Waals surface area contributed by atoms with Gasteiger partial charge >= 0.3 is 0 Å².